The molecule has 3 aliphatic rings. The summed E-state index contributed by atoms with van der Waals surface area (Å²) >= 11 is 0. The predicted octanol–water partition coefficient (Wildman–Crippen LogP) is -0.219. The van der Waals surface area contributed by atoms with Gasteiger partial charge in [0.15, 0.2) is 17.1 Å². The second-order valence-electron chi connectivity index (χ2n) is 9.97. The molecule has 1 saturated carbocycles. The van der Waals surface area contributed by atoms with Gasteiger partial charge in [-0.3, -0.25) is 24.1 Å². The van der Waals surface area contributed by atoms with Crippen LogP contribution in [0.25, 0.3) is 5.76 Å². The number of benzene rings is 1. The number of carbonyl (C=O) groups is 4. The number of aliphatic hydroxyl groups excluding tert-OH is 2. The summed E-state index contributed by atoms with van der Waals surface area (Å²) in [7, 11) is 1.71. The number of Topliss-reactive ketones (excluding diaryl/α,β-unsaturated/α-hetero) is 2. The number of anilines is 1. The summed E-state index contributed by atoms with van der Waals surface area (Å²) in [5.74, 6) is -10.4. The molecule has 0 radical (unpaired) electrons. The number of likely N-dealkylation sites (N-methyl/N-ethyl adjacent to an activating group) is 1. The summed E-state index contributed by atoms with van der Waals surface area (Å²) < 4.78 is 15.2. The summed E-state index contributed by atoms with van der Waals surface area (Å²) in [6, 6.07) is -0.691. The van der Waals surface area contributed by atoms with Crippen molar-refractivity contribution in [2.75, 3.05) is 25.5 Å². The number of amides is 2. The minimum Gasteiger partial charge on any atom is -0.508 e. The lowest BCUT2D eigenvalue weighted by Crippen LogP contribution is -2.65. The molecule has 0 heterocycles. The molecule has 1 fully saturated rings. The van der Waals surface area contributed by atoms with Crippen LogP contribution in [0, 0.1) is 17.7 Å². The molecule has 0 aromatic heterocycles. The third-order valence-corrected chi connectivity index (χ3v) is 7.49. The van der Waals surface area contributed by atoms with Crippen molar-refractivity contribution in [3.63, 3.8) is 0 Å². The van der Waals surface area contributed by atoms with Crippen LogP contribution in [0.3, 0.4) is 0 Å². The lowest BCUT2D eigenvalue weighted by molar-refractivity contribution is -0.149. The Balaban J connectivity index is 1.81. The number of nitrogens with one attached hydrogen (secondary N) is 1. The van der Waals surface area contributed by atoms with Gasteiger partial charge < -0.3 is 37.2 Å². The third kappa shape index (κ3) is 3.94. The lowest BCUT2D eigenvalue weighted by atomic mass is 9.58. The number of phenolic OH excluding ortho intramolecular Hbond substituents is 1. The second kappa shape index (κ2) is 9.49. The Morgan fingerprint density at radius 1 is 1.26 bits per heavy atom. The standard InChI is InChI=1S/C25H29FN4O8/c1-3-4-30(2)8-14(31)29-13-7-12(26)10-5-9-6-11-18(27)21(34)17(24(28)37)23(36)25(11,38)22(35)15(9)20(33)16(10)19(13)32/h7,9,11,18,32-33,36,38H,3-6,8,27H2,1-2H3,(H2,28,37)(H,29,31)/t9-,11-,18-,25-/m0/s1. The number of fused-ring (bicyclic) bond motifs is 3. The maximum atomic E-state index is 15.2. The highest BCUT2D eigenvalue weighted by Gasteiger charge is 2.63. The van der Waals surface area contributed by atoms with Crippen LogP contribution in [-0.2, 0) is 25.6 Å². The molecule has 0 saturated heterocycles. The maximum absolute atomic E-state index is 15.2. The van der Waals surface area contributed by atoms with Crippen LogP contribution in [-0.4, -0.2) is 80.5 Å². The van der Waals surface area contributed by atoms with Gasteiger partial charge in [-0.2, -0.15) is 0 Å². The molecule has 204 valence electrons. The van der Waals surface area contributed by atoms with E-state index in [2.05, 4.69) is 5.32 Å². The molecule has 12 nitrogen and oxygen atoms in total. The average Bonchev–Trinajstić information content (AvgIpc) is 2.82. The number of hydrogen-bond donors (Lipinski definition) is 7. The highest BCUT2D eigenvalue weighted by molar-refractivity contribution is 6.24. The molecule has 1 aromatic rings. The van der Waals surface area contributed by atoms with Crippen LogP contribution in [0.5, 0.6) is 5.75 Å². The lowest BCUT2D eigenvalue weighted by Gasteiger charge is -2.48. The normalized spacial score (nSPS) is 26.7. The summed E-state index contributed by atoms with van der Waals surface area (Å²) in [6.45, 7) is 2.49. The zero-order chi connectivity index (χ0) is 28.3. The predicted molar refractivity (Wildman–Crippen MR) is 131 cm³/mol. The van der Waals surface area contributed by atoms with Gasteiger partial charge >= 0.3 is 0 Å². The molecule has 4 atom stereocenters. The van der Waals surface area contributed by atoms with E-state index >= 15 is 4.39 Å². The SMILES string of the molecule is CCCN(C)CC(=O)Nc1cc(F)c2c(c1O)C(O)=C1C(=O)[C@]3(O)C(O)=C(C(N)=O)C(=O)[C@@H](N)[C@@H]3C[C@@H]1C2. The summed E-state index contributed by atoms with van der Waals surface area (Å²) in [4.78, 5) is 52.1. The molecule has 2 amide bonds. The van der Waals surface area contributed by atoms with Crippen molar-refractivity contribution in [1.29, 1.82) is 0 Å². The first-order chi connectivity index (χ1) is 17.7. The molecule has 0 spiro atoms. The highest BCUT2D eigenvalue weighted by atomic mass is 19.1. The van der Waals surface area contributed by atoms with E-state index in [-0.39, 0.29) is 30.6 Å². The molecule has 4 rings (SSSR count). The number of phenols is 1. The van der Waals surface area contributed by atoms with Crippen LogP contribution in [0.2, 0.25) is 0 Å². The number of aromatic hydroxyl groups is 1. The topological polar surface area (TPSA) is 217 Å². The summed E-state index contributed by atoms with van der Waals surface area (Å²) in [5, 5.41) is 46.3. The zero-order valence-electron chi connectivity index (χ0n) is 20.7. The van der Waals surface area contributed by atoms with E-state index in [1.807, 2.05) is 6.92 Å². The van der Waals surface area contributed by atoms with E-state index in [0.717, 1.165) is 12.5 Å². The maximum Gasteiger partial charge on any atom is 0.255 e. The number of ketones is 2. The minimum atomic E-state index is -2.86. The van der Waals surface area contributed by atoms with Crippen molar-refractivity contribution in [2.24, 2.45) is 23.3 Å². The Hall–Kier alpha value is -3.81. The molecule has 3 aliphatic carbocycles. The number of aliphatic hydroxyl groups is 3. The van der Waals surface area contributed by atoms with Gasteiger partial charge in [0.2, 0.25) is 11.7 Å². The molecule has 0 aliphatic heterocycles. The zero-order valence-corrected chi connectivity index (χ0v) is 20.7. The van der Waals surface area contributed by atoms with Gasteiger partial charge in [0.25, 0.3) is 5.91 Å². The molecule has 0 unspecified atom stereocenters. The van der Waals surface area contributed by atoms with Gasteiger partial charge in [-0.1, -0.05) is 6.92 Å². The number of rotatable bonds is 6. The first kappa shape index (κ1) is 27.2. The largest absolute Gasteiger partial charge is 0.508 e. The van der Waals surface area contributed by atoms with E-state index in [1.165, 1.54) is 0 Å². The summed E-state index contributed by atoms with van der Waals surface area (Å²) in [6.07, 6.45) is 0.317. The van der Waals surface area contributed by atoms with Gasteiger partial charge in [-0.05, 0) is 38.8 Å². The van der Waals surface area contributed by atoms with E-state index < -0.39 is 86.7 Å². The molecule has 9 N–H and O–H groups in total. The highest BCUT2D eigenvalue weighted by Crippen LogP contribution is 2.52. The van der Waals surface area contributed by atoms with Gasteiger partial charge in [0.05, 0.1) is 23.8 Å². The Morgan fingerprint density at radius 3 is 2.53 bits per heavy atom. The van der Waals surface area contributed by atoms with Crippen LogP contribution in [0.4, 0.5) is 10.1 Å². The molecular formula is C25H29FN4O8. The third-order valence-electron chi connectivity index (χ3n) is 7.49. The quantitative estimate of drug-likeness (QED) is 0.189. The molecule has 0 bridgehead atoms. The Morgan fingerprint density at radius 2 is 1.92 bits per heavy atom. The Labute approximate surface area is 216 Å². The van der Waals surface area contributed by atoms with Crippen LogP contribution >= 0.6 is 0 Å². The van der Waals surface area contributed by atoms with E-state index in [1.54, 1.807) is 11.9 Å². The van der Waals surface area contributed by atoms with Crippen molar-refractivity contribution in [3.05, 3.63) is 39.9 Å². The number of carbonyl (C=O) groups excluding carboxylic acids is 4. The number of hydrogen-bond acceptors (Lipinski definition) is 10. The van der Waals surface area contributed by atoms with Gasteiger partial charge in [0.1, 0.15) is 22.9 Å². The second-order valence-corrected chi connectivity index (χ2v) is 9.97. The first-order valence-electron chi connectivity index (χ1n) is 12.0. The molecule has 13 heteroatoms. The van der Waals surface area contributed by atoms with E-state index in [0.29, 0.717) is 6.54 Å². The number of nitrogens with two attached hydrogens (primary N) is 2. The van der Waals surface area contributed by atoms with Crippen molar-refractivity contribution in [2.45, 2.75) is 37.8 Å². The van der Waals surface area contributed by atoms with Gasteiger partial charge in [-0.25, -0.2) is 4.39 Å². The van der Waals surface area contributed by atoms with E-state index in [9.17, 15) is 39.6 Å². The van der Waals surface area contributed by atoms with E-state index in [4.69, 9.17) is 11.5 Å². The van der Waals surface area contributed by atoms with Crippen LogP contribution in [0.15, 0.2) is 23.0 Å². The van der Waals surface area contributed by atoms with Crippen molar-refractivity contribution in [1.82, 2.24) is 4.90 Å². The monoisotopic (exact) mass is 532 g/mol. The fraction of sp³-hybridized carbons (Fsp3) is 0.440. The van der Waals surface area contributed by atoms with Crippen LogP contribution in [0.1, 0.15) is 30.9 Å². The Bertz CT molecular complexity index is 1340. The molecule has 1 aromatic carbocycles. The van der Waals surface area contributed by atoms with Gasteiger partial charge in [0, 0.05) is 23.1 Å². The number of nitrogens with zero attached hydrogens (tertiary/aromatic N) is 1. The number of primary amides is 1. The van der Waals surface area contributed by atoms with Crippen molar-refractivity contribution >= 4 is 34.8 Å². The number of halogens is 1. The Kier molecular flexibility index (Phi) is 6.80. The molecule has 38 heavy (non-hydrogen) atoms. The summed E-state index contributed by atoms with van der Waals surface area (Å²) in [5.41, 5.74) is 5.83. The minimum absolute atomic E-state index is 0.0547. The van der Waals surface area contributed by atoms with Gasteiger partial charge in [-0.15, -0.1) is 0 Å². The van der Waals surface area contributed by atoms with Crippen molar-refractivity contribution < 1.29 is 44.0 Å². The smallest absolute Gasteiger partial charge is 0.255 e. The van der Waals surface area contributed by atoms with Crippen molar-refractivity contribution in [3.8, 4) is 5.75 Å². The molecular weight excluding hydrogens is 503 g/mol. The fourth-order valence-electron chi connectivity index (χ4n) is 5.73. The average molecular weight is 533 g/mol. The fourth-order valence-corrected chi connectivity index (χ4v) is 5.73. The first-order valence-corrected chi connectivity index (χ1v) is 12.0. The van der Waals surface area contributed by atoms with Crippen LogP contribution < -0.4 is 16.8 Å².